The summed E-state index contributed by atoms with van der Waals surface area (Å²) >= 11 is 0. The fourth-order valence-electron chi connectivity index (χ4n) is 2.60. The SMILES string of the molecule is CCCCOC(=O)CC(C(=O)OCCCC)C(CCC)C(=O)OCCCC. The molecule has 2 atom stereocenters. The Hall–Kier alpha value is -1.59. The van der Waals surface area contributed by atoms with Crippen LogP contribution in [-0.4, -0.2) is 37.7 Å². The summed E-state index contributed by atoms with van der Waals surface area (Å²) in [6, 6.07) is 0. The van der Waals surface area contributed by atoms with Crippen molar-refractivity contribution >= 4 is 17.9 Å². The van der Waals surface area contributed by atoms with E-state index in [1.807, 2.05) is 27.7 Å². The summed E-state index contributed by atoms with van der Waals surface area (Å²) in [6.07, 6.45) is 6.05. The quantitative estimate of drug-likeness (QED) is 0.222. The maximum atomic E-state index is 12.6. The average Bonchev–Trinajstić information content (AvgIpc) is 2.65. The molecule has 0 fully saturated rings. The van der Waals surface area contributed by atoms with E-state index in [0.717, 1.165) is 38.5 Å². The van der Waals surface area contributed by atoms with Gasteiger partial charge in [-0.1, -0.05) is 53.4 Å². The first-order valence-electron chi connectivity index (χ1n) is 10.5. The first-order chi connectivity index (χ1) is 13.0. The highest BCUT2D eigenvalue weighted by Crippen LogP contribution is 2.25. The van der Waals surface area contributed by atoms with Gasteiger partial charge in [-0.15, -0.1) is 0 Å². The van der Waals surface area contributed by atoms with Crippen molar-refractivity contribution in [1.29, 1.82) is 0 Å². The first kappa shape index (κ1) is 25.4. The van der Waals surface area contributed by atoms with Crippen LogP contribution < -0.4 is 0 Å². The third-order valence-corrected chi connectivity index (χ3v) is 4.32. The lowest BCUT2D eigenvalue weighted by atomic mass is 9.86. The second-order valence-corrected chi connectivity index (χ2v) is 6.82. The molecule has 0 saturated carbocycles. The lowest BCUT2D eigenvalue weighted by Gasteiger charge is -2.23. The van der Waals surface area contributed by atoms with Crippen LogP contribution in [0, 0.1) is 11.8 Å². The van der Waals surface area contributed by atoms with Gasteiger partial charge in [0.15, 0.2) is 0 Å². The Morgan fingerprint density at radius 1 is 0.630 bits per heavy atom. The van der Waals surface area contributed by atoms with Gasteiger partial charge < -0.3 is 14.2 Å². The van der Waals surface area contributed by atoms with E-state index in [1.165, 1.54) is 0 Å². The fourth-order valence-corrected chi connectivity index (χ4v) is 2.60. The zero-order valence-corrected chi connectivity index (χ0v) is 17.6. The number of unbranched alkanes of at least 4 members (excludes halogenated alkanes) is 3. The van der Waals surface area contributed by atoms with Gasteiger partial charge >= 0.3 is 17.9 Å². The molecule has 2 unspecified atom stereocenters. The standard InChI is InChI=1S/C21H38O6/c1-5-9-13-25-19(22)16-18(21(24)27-15-11-7-3)17(12-8-4)20(23)26-14-10-6-2/h17-18H,5-16H2,1-4H3. The molecule has 27 heavy (non-hydrogen) atoms. The van der Waals surface area contributed by atoms with Crippen molar-refractivity contribution in [3.63, 3.8) is 0 Å². The summed E-state index contributed by atoms with van der Waals surface area (Å²) in [7, 11) is 0. The summed E-state index contributed by atoms with van der Waals surface area (Å²) < 4.78 is 15.9. The maximum absolute atomic E-state index is 12.6. The van der Waals surface area contributed by atoms with E-state index in [4.69, 9.17) is 14.2 Å². The Bertz CT molecular complexity index is 421. The number of hydrogen-bond donors (Lipinski definition) is 0. The Labute approximate surface area is 164 Å². The first-order valence-corrected chi connectivity index (χ1v) is 10.5. The predicted molar refractivity (Wildman–Crippen MR) is 104 cm³/mol. The molecule has 0 aromatic heterocycles. The van der Waals surface area contributed by atoms with Gasteiger partial charge in [-0.25, -0.2) is 0 Å². The van der Waals surface area contributed by atoms with Crippen LogP contribution in [0.3, 0.4) is 0 Å². The third-order valence-electron chi connectivity index (χ3n) is 4.32. The number of carbonyl (C=O) groups excluding carboxylic acids is 3. The summed E-state index contributed by atoms with van der Waals surface area (Å²) in [5, 5.41) is 0. The minimum Gasteiger partial charge on any atom is -0.466 e. The molecule has 0 aromatic rings. The minimum atomic E-state index is -0.856. The van der Waals surface area contributed by atoms with Crippen molar-refractivity contribution in [2.45, 2.75) is 85.5 Å². The molecule has 0 radical (unpaired) electrons. The van der Waals surface area contributed by atoms with Crippen LogP contribution in [0.5, 0.6) is 0 Å². The van der Waals surface area contributed by atoms with Crippen LogP contribution in [0.4, 0.5) is 0 Å². The highest BCUT2D eigenvalue weighted by Gasteiger charge is 2.37. The molecule has 0 aromatic carbocycles. The van der Waals surface area contributed by atoms with Crippen molar-refractivity contribution in [2.24, 2.45) is 11.8 Å². The van der Waals surface area contributed by atoms with Crippen molar-refractivity contribution in [3.05, 3.63) is 0 Å². The summed E-state index contributed by atoms with van der Waals surface area (Å²) in [4.78, 5) is 37.3. The number of carbonyl (C=O) groups is 3. The Balaban J connectivity index is 5.11. The van der Waals surface area contributed by atoms with E-state index < -0.39 is 29.7 Å². The smallest absolute Gasteiger partial charge is 0.310 e. The number of rotatable bonds is 16. The summed E-state index contributed by atoms with van der Waals surface area (Å²) in [5.74, 6) is -2.95. The zero-order valence-electron chi connectivity index (χ0n) is 17.6. The molecular formula is C21H38O6. The van der Waals surface area contributed by atoms with Gasteiger partial charge in [0.2, 0.25) is 0 Å². The molecule has 6 heteroatoms. The molecule has 0 aliphatic rings. The lowest BCUT2D eigenvalue weighted by molar-refractivity contribution is -0.165. The van der Waals surface area contributed by atoms with Gasteiger partial charge in [-0.2, -0.15) is 0 Å². The molecule has 0 bridgehead atoms. The maximum Gasteiger partial charge on any atom is 0.310 e. The zero-order chi connectivity index (χ0) is 20.5. The molecule has 0 aliphatic heterocycles. The van der Waals surface area contributed by atoms with Gasteiger partial charge in [0.1, 0.15) is 0 Å². The Kier molecular flexibility index (Phi) is 15.6. The van der Waals surface area contributed by atoms with Crippen molar-refractivity contribution in [1.82, 2.24) is 0 Å². The molecule has 0 saturated heterocycles. The molecule has 0 aliphatic carbocycles. The number of ether oxygens (including phenoxy) is 3. The van der Waals surface area contributed by atoms with Crippen molar-refractivity contribution in [2.75, 3.05) is 19.8 Å². The van der Waals surface area contributed by atoms with Crippen LogP contribution in [0.2, 0.25) is 0 Å². The normalized spacial score (nSPS) is 12.9. The van der Waals surface area contributed by atoms with E-state index in [1.54, 1.807) is 0 Å². The molecule has 158 valence electrons. The van der Waals surface area contributed by atoms with Gasteiger partial charge in [-0.05, 0) is 25.7 Å². The topological polar surface area (TPSA) is 78.9 Å². The van der Waals surface area contributed by atoms with Crippen molar-refractivity contribution in [3.8, 4) is 0 Å². The lowest BCUT2D eigenvalue weighted by Crippen LogP contribution is -2.35. The fraction of sp³-hybridized carbons (Fsp3) is 0.857. The molecule has 6 nitrogen and oxygen atoms in total. The highest BCUT2D eigenvalue weighted by molar-refractivity contribution is 5.86. The molecule has 0 heterocycles. The minimum absolute atomic E-state index is 0.151. The van der Waals surface area contributed by atoms with Crippen LogP contribution in [0.1, 0.15) is 85.5 Å². The van der Waals surface area contributed by atoms with E-state index in [0.29, 0.717) is 32.7 Å². The molecule has 0 amide bonds. The number of esters is 3. The molecule has 0 N–H and O–H groups in total. The van der Waals surface area contributed by atoms with Crippen LogP contribution in [0.25, 0.3) is 0 Å². The van der Waals surface area contributed by atoms with Crippen LogP contribution in [-0.2, 0) is 28.6 Å². The molecular weight excluding hydrogens is 348 g/mol. The van der Waals surface area contributed by atoms with Gasteiger partial charge in [-0.3, -0.25) is 14.4 Å². The van der Waals surface area contributed by atoms with Gasteiger partial charge in [0.25, 0.3) is 0 Å². The Morgan fingerprint density at radius 2 is 1.07 bits per heavy atom. The van der Waals surface area contributed by atoms with E-state index in [9.17, 15) is 14.4 Å². The van der Waals surface area contributed by atoms with E-state index in [2.05, 4.69) is 0 Å². The average molecular weight is 387 g/mol. The summed E-state index contributed by atoms with van der Waals surface area (Å²) in [5.41, 5.74) is 0. The van der Waals surface area contributed by atoms with Gasteiger partial charge in [0.05, 0.1) is 38.1 Å². The second-order valence-electron chi connectivity index (χ2n) is 6.82. The van der Waals surface area contributed by atoms with Crippen molar-refractivity contribution < 1.29 is 28.6 Å². The predicted octanol–water partition coefficient (Wildman–Crippen LogP) is 4.44. The third kappa shape index (κ3) is 11.7. The molecule has 0 rings (SSSR count). The monoisotopic (exact) mass is 386 g/mol. The van der Waals surface area contributed by atoms with Gasteiger partial charge in [0, 0.05) is 0 Å². The van der Waals surface area contributed by atoms with Crippen LogP contribution in [0.15, 0.2) is 0 Å². The van der Waals surface area contributed by atoms with E-state index in [-0.39, 0.29) is 6.42 Å². The Morgan fingerprint density at radius 3 is 1.52 bits per heavy atom. The van der Waals surface area contributed by atoms with Crippen LogP contribution >= 0.6 is 0 Å². The summed E-state index contributed by atoms with van der Waals surface area (Å²) in [6.45, 7) is 8.90. The molecule has 0 spiro atoms. The largest absolute Gasteiger partial charge is 0.466 e. The van der Waals surface area contributed by atoms with E-state index >= 15 is 0 Å². The number of hydrogen-bond acceptors (Lipinski definition) is 6. The highest BCUT2D eigenvalue weighted by atomic mass is 16.5. The second kappa shape index (κ2) is 16.6.